The molecule has 2 rings (SSSR count). The topological polar surface area (TPSA) is 52.6 Å². The minimum absolute atomic E-state index is 0.0514. The molecule has 0 saturated heterocycles. The van der Waals surface area contributed by atoms with Crippen LogP contribution in [0.25, 0.3) is 12.2 Å². The molecule has 0 bridgehead atoms. The van der Waals surface area contributed by atoms with Crippen molar-refractivity contribution < 1.29 is 19.1 Å². The number of hydrogen-bond acceptors (Lipinski definition) is 4. The van der Waals surface area contributed by atoms with Gasteiger partial charge >= 0.3 is 0 Å². The molecule has 0 aromatic heterocycles. The largest absolute Gasteiger partial charge is 0.491 e. The summed E-state index contributed by atoms with van der Waals surface area (Å²) >= 11 is 0. The van der Waals surface area contributed by atoms with Crippen molar-refractivity contribution in [3.05, 3.63) is 70.8 Å². The first-order chi connectivity index (χ1) is 13.4. The maximum atomic E-state index is 11.7. The van der Waals surface area contributed by atoms with Crippen LogP contribution in [0.1, 0.15) is 38.8 Å². The third-order valence-corrected chi connectivity index (χ3v) is 3.69. The van der Waals surface area contributed by atoms with E-state index < -0.39 is 0 Å². The van der Waals surface area contributed by atoms with Gasteiger partial charge < -0.3 is 9.47 Å². The molecule has 0 aliphatic carbocycles. The van der Waals surface area contributed by atoms with Crippen LogP contribution in [0.5, 0.6) is 11.5 Å². The molecule has 0 atom stereocenters. The normalized spacial score (nSPS) is 12.2. The van der Waals surface area contributed by atoms with Gasteiger partial charge in [0.1, 0.15) is 11.5 Å². The highest BCUT2D eigenvalue weighted by Gasteiger charge is 2.07. The maximum Gasteiger partial charge on any atom is 0.150 e. The Hall–Kier alpha value is -3.14. The molecular weight excluding hydrogens is 352 g/mol. The van der Waals surface area contributed by atoms with E-state index >= 15 is 0 Å². The molecule has 0 aliphatic rings. The summed E-state index contributed by atoms with van der Waals surface area (Å²) in [4.78, 5) is 23.3. The van der Waals surface area contributed by atoms with Gasteiger partial charge in [-0.05, 0) is 75.2 Å². The lowest BCUT2D eigenvalue weighted by Crippen LogP contribution is -2.05. The zero-order valence-electron chi connectivity index (χ0n) is 16.7. The zero-order valence-corrected chi connectivity index (χ0v) is 16.7. The van der Waals surface area contributed by atoms with Gasteiger partial charge in [-0.2, -0.15) is 0 Å². The van der Waals surface area contributed by atoms with E-state index in [0.29, 0.717) is 35.2 Å². The summed E-state index contributed by atoms with van der Waals surface area (Å²) in [6.07, 6.45) is 4.82. The molecule has 2 aromatic rings. The van der Waals surface area contributed by atoms with Gasteiger partial charge in [0.15, 0.2) is 12.6 Å². The van der Waals surface area contributed by atoms with Crippen LogP contribution in [-0.2, 0) is 9.59 Å². The van der Waals surface area contributed by atoms with Crippen molar-refractivity contribution in [2.75, 3.05) is 0 Å². The second kappa shape index (κ2) is 10.3. The SMILES string of the molecule is CC(C)Oc1cccc(/C=C(C=O)/C(C=O)=C/c2cccc(OC(C)C)c2)c1. The first-order valence-electron chi connectivity index (χ1n) is 9.29. The van der Waals surface area contributed by atoms with Crippen molar-refractivity contribution in [2.24, 2.45) is 0 Å². The van der Waals surface area contributed by atoms with E-state index in [0.717, 1.165) is 11.1 Å². The Morgan fingerprint density at radius 1 is 0.714 bits per heavy atom. The van der Waals surface area contributed by atoms with Crippen LogP contribution < -0.4 is 9.47 Å². The van der Waals surface area contributed by atoms with Gasteiger partial charge in [-0.25, -0.2) is 0 Å². The fraction of sp³-hybridized carbons (Fsp3) is 0.250. The number of allylic oxidation sites excluding steroid dienone is 2. The molecule has 146 valence electrons. The van der Waals surface area contributed by atoms with E-state index in [2.05, 4.69) is 0 Å². The Labute approximate surface area is 166 Å². The van der Waals surface area contributed by atoms with Crippen molar-refractivity contribution in [3.63, 3.8) is 0 Å². The van der Waals surface area contributed by atoms with Crippen LogP contribution in [0.2, 0.25) is 0 Å². The minimum atomic E-state index is 0.0514. The first-order valence-corrected chi connectivity index (χ1v) is 9.29. The molecule has 0 spiro atoms. The standard InChI is InChI=1S/C24H26O4/c1-17(2)27-23-9-5-7-19(13-23)11-21(15-25)22(16-26)12-20-8-6-10-24(14-20)28-18(3)4/h5-18H,1-4H3/b21-11+,22-12+. The fourth-order valence-corrected chi connectivity index (χ4v) is 2.63. The van der Waals surface area contributed by atoms with Gasteiger partial charge in [-0.1, -0.05) is 24.3 Å². The summed E-state index contributed by atoms with van der Waals surface area (Å²) in [6, 6.07) is 14.8. The Kier molecular flexibility index (Phi) is 7.76. The van der Waals surface area contributed by atoms with Crippen LogP contribution in [0.3, 0.4) is 0 Å². The van der Waals surface area contributed by atoms with Crippen LogP contribution in [0.15, 0.2) is 59.7 Å². The van der Waals surface area contributed by atoms with Crippen molar-refractivity contribution in [1.82, 2.24) is 0 Å². The first kappa shape index (κ1) is 21.2. The number of carbonyl (C=O) groups excluding carboxylic acids is 2. The van der Waals surface area contributed by atoms with Crippen LogP contribution in [0.4, 0.5) is 0 Å². The van der Waals surface area contributed by atoms with E-state index in [1.165, 1.54) is 0 Å². The molecular formula is C24H26O4. The van der Waals surface area contributed by atoms with E-state index in [9.17, 15) is 9.59 Å². The van der Waals surface area contributed by atoms with Crippen molar-refractivity contribution in [3.8, 4) is 11.5 Å². The van der Waals surface area contributed by atoms with Gasteiger partial charge in [-0.3, -0.25) is 9.59 Å². The molecule has 0 amide bonds. The fourth-order valence-electron chi connectivity index (χ4n) is 2.63. The predicted octanol–water partition coefficient (Wildman–Crippen LogP) is 5.13. The molecule has 0 fully saturated rings. The number of rotatable bonds is 9. The highest BCUT2D eigenvalue weighted by atomic mass is 16.5. The summed E-state index contributed by atoms with van der Waals surface area (Å²) in [5.74, 6) is 1.42. The smallest absolute Gasteiger partial charge is 0.150 e. The summed E-state index contributed by atoms with van der Waals surface area (Å²) in [5, 5.41) is 0. The Morgan fingerprint density at radius 2 is 1.11 bits per heavy atom. The molecule has 4 heteroatoms. The van der Waals surface area contributed by atoms with E-state index in [1.807, 2.05) is 76.2 Å². The summed E-state index contributed by atoms with van der Waals surface area (Å²) in [5.41, 5.74) is 2.16. The quantitative estimate of drug-likeness (QED) is 0.345. The van der Waals surface area contributed by atoms with Gasteiger partial charge in [-0.15, -0.1) is 0 Å². The van der Waals surface area contributed by atoms with Crippen LogP contribution in [-0.4, -0.2) is 24.8 Å². The van der Waals surface area contributed by atoms with Gasteiger partial charge in [0.25, 0.3) is 0 Å². The lowest BCUT2D eigenvalue weighted by molar-refractivity contribution is -0.107. The van der Waals surface area contributed by atoms with Crippen molar-refractivity contribution in [1.29, 1.82) is 0 Å². The summed E-state index contributed by atoms with van der Waals surface area (Å²) in [7, 11) is 0. The van der Waals surface area contributed by atoms with Crippen molar-refractivity contribution in [2.45, 2.75) is 39.9 Å². The van der Waals surface area contributed by atoms with E-state index in [4.69, 9.17) is 9.47 Å². The van der Waals surface area contributed by atoms with E-state index in [1.54, 1.807) is 12.2 Å². The molecule has 0 radical (unpaired) electrons. The predicted molar refractivity (Wildman–Crippen MR) is 112 cm³/mol. The Morgan fingerprint density at radius 3 is 1.43 bits per heavy atom. The molecule has 0 aliphatic heterocycles. The summed E-state index contributed by atoms with van der Waals surface area (Å²) < 4.78 is 11.4. The number of benzene rings is 2. The lowest BCUT2D eigenvalue weighted by atomic mass is 10.0. The monoisotopic (exact) mass is 378 g/mol. The lowest BCUT2D eigenvalue weighted by Gasteiger charge is -2.10. The zero-order chi connectivity index (χ0) is 20.5. The molecule has 0 unspecified atom stereocenters. The molecule has 0 heterocycles. The molecule has 28 heavy (non-hydrogen) atoms. The van der Waals surface area contributed by atoms with Gasteiger partial charge in [0.05, 0.1) is 12.2 Å². The Bertz CT molecular complexity index is 802. The minimum Gasteiger partial charge on any atom is -0.491 e. The number of carbonyl (C=O) groups is 2. The van der Waals surface area contributed by atoms with Gasteiger partial charge in [0.2, 0.25) is 0 Å². The number of ether oxygens (including phenoxy) is 2. The Balaban J connectivity index is 2.35. The van der Waals surface area contributed by atoms with Crippen LogP contribution in [0, 0.1) is 0 Å². The third-order valence-electron chi connectivity index (χ3n) is 3.69. The average molecular weight is 378 g/mol. The molecule has 2 aromatic carbocycles. The second-order valence-electron chi connectivity index (χ2n) is 6.91. The van der Waals surface area contributed by atoms with Crippen molar-refractivity contribution >= 4 is 24.7 Å². The maximum absolute atomic E-state index is 11.7. The third kappa shape index (κ3) is 6.54. The highest BCUT2D eigenvalue weighted by molar-refractivity contribution is 6.02. The average Bonchev–Trinajstić information content (AvgIpc) is 2.64. The number of hydrogen-bond donors (Lipinski definition) is 0. The second-order valence-corrected chi connectivity index (χ2v) is 6.91. The summed E-state index contributed by atoms with van der Waals surface area (Å²) in [6.45, 7) is 7.79. The highest BCUT2D eigenvalue weighted by Crippen LogP contribution is 2.21. The molecule has 0 N–H and O–H groups in total. The van der Waals surface area contributed by atoms with Gasteiger partial charge in [0, 0.05) is 11.1 Å². The molecule has 4 nitrogen and oxygen atoms in total. The number of aldehydes is 2. The van der Waals surface area contributed by atoms with E-state index in [-0.39, 0.29) is 12.2 Å². The van der Waals surface area contributed by atoms with Crippen LogP contribution >= 0.6 is 0 Å². The molecule has 0 saturated carbocycles.